The molecule has 0 unspecified atom stereocenters. The number of alkyl halides is 3. The van der Waals surface area contributed by atoms with Gasteiger partial charge in [-0.25, -0.2) is 9.59 Å². The topological polar surface area (TPSA) is 94.6 Å². The van der Waals surface area contributed by atoms with E-state index in [1.54, 1.807) is 6.07 Å². The minimum atomic E-state index is -5.20. The van der Waals surface area contributed by atoms with Crippen molar-refractivity contribution in [1.29, 1.82) is 0 Å². The first-order chi connectivity index (χ1) is 10.3. The average Bonchev–Trinajstić information content (AvgIpc) is 2.49. The van der Waals surface area contributed by atoms with Crippen LogP contribution in [0.4, 0.5) is 13.2 Å². The Morgan fingerprint density at radius 3 is 2.50 bits per heavy atom. The van der Waals surface area contributed by atoms with E-state index in [9.17, 15) is 27.6 Å². The third kappa shape index (κ3) is 5.04. The molecular weight excluding hydrogens is 309 g/mol. The molecule has 0 aliphatic rings. The van der Waals surface area contributed by atoms with Gasteiger partial charge < -0.3 is 14.8 Å². The SMILES string of the molecule is COC(=O)[C@H](COC(=O)C(F)(F)F)NC(=O)c1ccccn1. The maximum atomic E-state index is 12.0. The van der Waals surface area contributed by atoms with Gasteiger partial charge in [-0.15, -0.1) is 0 Å². The highest BCUT2D eigenvalue weighted by molar-refractivity contribution is 5.95. The van der Waals surface area contributed by atoms with Crippen LogP contribution in [-0.2, 0) is 19.1 Å². The number of hydrogen-bond acceptors (Lipinski definition) is 6. The Morgan fingerprint density at radius 1 is 1.32 bits per heavy atom. The number of ether oxygens (including phenoxy) is 2. The molecule has 0 aliphatic carbocycles. The van der Waals surface area contributed by atoms with Crippen molar-refractivity contribution in [3.63, 3.8) is 0 Å². The van der Waals surface area contributed by atoms with Crippen molar-refractivity contribution in [2.45, 2.75) is 12.2 Å². The van der Waals surface area contributed by atoms with Crippen LogP contribution in [0.2, 0.25) is 0 Å². The van der Waals surface area contributed by atoms with E-state index < -0.39 is 36.7 Å². The minimum Gasteiger partial charge on any atom is -0.467 e. The summed E-state index contributed by atoms with van der Waals surface area (Å²) in [6, 6.07) is 2.77. The van der Waals surface area contributed by atoms with Crippen LogP contribution >= 0.6 is 0 Å². The molecule has 10 heteroatoms. The number of methoxy groups -OCH3 is 1. The summed E-state index contributed by atoms with van der Waals surface area (Å²) in [5, 5.41) is 2.07. The van der Waals surface area contributed by atoms with Crippen LogP contribution in [0.1, 0.15) is 10.5 Å². The van der Waals surface area contributed by atoms with Crippen molar-refractivity contribution in [3.8, 4) is 0 Å². The zero-order valence-corrected chi connectivity index (χ0v) is 11.2. The standard InChI is InChI=1S/C12H11F3N2O5/c1-21-10(19)8(6-22-11(20)12(13,14)15)17-9(18)7-4-2-3-5-16-7/h2-5,8H,6H2,1H3,(H,17,18)/t8-/m0/s1. The van der Waals surface area contributed by atoms with E-state index in [0.29, 0.717) is 0 Å². The number of nitrogens with one attached hydrogen (secondary N) is 1. The van der Waals surface area contributed by atoms with Crippen LogP contribution in [0.5, 0.6) is 0 Å². The smallest absolute Gasteiger partial charge is 0.467 e. The first-order valence-corrected chi connectivity index (χ1v) is 5.79. The first kappa shape index (κ1) is 17.4. The Labute approximate surface area is 122 Å². The van der Waals surface area contributed by atoms with Crippen molar-refractivity contribution in [3.05, 3.63) is 30.1 Å². The van der Waals surface area contributed by atoms with Gasteiger partial charge in [-0.2, -0.15) is 13.2 Å². The van der Waals surface area contributed by atoms with Crippen LogP contribution in [0.3, 0.4) is 0 Å². The lowest BCUT2D eigenvalue weighted by Gasteiger charge is -2.16. The molecule has 1 heterocycles. The number of hydrogen-bond donors (Lipinski definition) is 1. The minimum absolute atomic E-state index is 0.0708. The summed E-state index contributed by atoms with van der Waals surface area (Å²) >= 11 is 0. The summed E-state index contributed by atoms with van der Waals surface area (Å²) in [7, 11) is 0.966. The summed E-state index contributed by atoms with van der Waals surface area (Å²) in [6.45, 7) is -1.02. The Balaban J connectivity index is 2.72. The van der Waals surface area contributed by atoms with E-state index in [-0.39, 0.29) is 5.69 Å². The van der Waals surface area contributed by atoms with Crippen LogP contribution in [0, 0.1) is 0 Å². The van der Waals surface area contributed by atoms with Gasteiger partial charge in [-0.3, -0.25) is 9.78 Å². The molecule has 1 aromatic heterocycles. The number of rotatable bonds is 5. The molecule has 1 amide bonds. The van der Waals surface area contributed by atoms with Crippen molar-refractivity contribution in [2.24, 2.45) is 0 Å². The fraction of sp³-hybridized carbons (Fsp3) is 0.333. The normalized spacial score (nSPS) is 12.2. The largest absolute Gasteiger partial charge is 0.490 e. The lowest BCUT2D eigenvalue weighted by Crippen LogP contribution is -2.46. The number of amides is 1. The zero-order chi connectivity index (χ0) is 16.8. The summed E-state index contributed by atoms with van der Waals surface area (Å²) in [6.07, 6.45) is -3.89. The summed E-state index contributed by atoms with van der Waals surface area (Å²) in [5.41, 5.74) is -0.0708. The lowest BCUT2D eigenvalue weighted by molar-refractivity contribution is -0.200. The van der Waals surface area contributed by atoms with E-state index in [2.05, 4.69) is 19.8 Å². The van der Waals surface area contributed by atoms with E-state index in [1.165, 1.54) is 18.3 Å². The van der Waals surface area contributed by atoms with Crippen LogP contribution in [-0.4, -0.2) is 48.8 Å². The second-order valence-electron chi connectivity index (χ2n) is 3.86. The third-order valence-electron chi connectivity index (χ3n) is 2.30. The molecule has 7 nitrogen and oxygen atoms in total. The van der Waals surface area contributed by atoms with Crippen molar-refractivity contribution in [2.75, 3.05) is 13.7 Å². The number of aromatic nitrogens is 1. The second-order valence-corrected chi connectivity index (χ2v) is 3.86. The summed E-state index contributed by atoms with van der Waals surface area (Å²) in [4.78, 5) is 37.5. The highest BCUT2D eigenvalue weighted by atomic mass is 19.4. The predicted octanol–water partition coefficient (Wildman–Crippen LogP) is 0.458. The van der Waals surface area contributed by atoms with Crippen molar-refractivity contribution < 1.29 is 37.0 Å². The molecular formula is C12H11F3N2O5. The molecule has 1 aromatic rings. The van der Waals surface area contributed by atoms with Crippen LogP contribution in [0.15, 0.2) is 24.4 Å². The second kappa shape index (κ2) is 7.38. The Hall–Kier alpha value is -2.65. The van der Waals surface area contributed by atoms with Gasteiger partial charge >= 0.3 is 18.1 Å². The Bertz CT molecular complexity index is 547. The molecule has 1 rings (SSSR count). The number of pyridine rings is 1. The van der Waals surface area contributed by atoms with Gasteiger partial charge in [0.2, 0.25) is 0 Å². The maximum Gasteiger partial charge on any atom is 0.490 e. The quantitative estimate of drug-likeness (QED) is 0.792. The summed E-state index contributed by atoms with van der Waals surface area (Å²) in [5.74, 6) is -4.38. The molecule has 0 bridgehead atoms. The van der Waals surface area contributed by atoms with Gasteiger partial charge in [0.25, 0.3) is 5.91 Å². The molecule has 120 valence electrons. The molecule has 22 heavy (non-hydrogen) atoms. The van der Waals surface area contributed by atoms with Gasteiger partial charge in [0.15, 0.2) is 6.04 Å². The molecule has 0 fully saturated rings. The highest BCUT2D eigenvalue weighted by Gasteiger charge is 2.41. The summed E-state index contributed by atoms with van der Waals surface area (Å²) < 4.78 is 44.3. The van der Waals surface area contributed by atoms with Gasteiger partial charge in [-0.1, -0.05) is 6.07 Å². The van der Waals surface area contributed by atoms with Crippen molar-refractivity contribution >= 4 is 17.8 Å². The first-order valence-electron chi connectivity index (χ1n) is 5.79. The fourth-order valence-corrected chi connectivity index (χ4v) is 1.28. The molecule has 0 aromatic carbocycles. The van der Waals surface area contributed by atoms with Gasteiger partial charge in [0.05, 0.1) is 7.11 Å². The lowest BCUT2D eigenvalue weighted by atomic mass is 10.2. The van der Waals surface area contributed by atoms with E-state index in [0.717, 1.165) is 7.11 Å². The third-order valence-corrected chi connectivity index (χ3v) is 2.30. The van der Waals surface area contributed by atoms with E-state index in [4.69, 9.17) is 0 Å². The van der Waals surface area contributed by atoms with Gasteiger partial charge in [0, 0.05) is 6.20 Å². The van der Waals surface area contributed by atoms with Gasteiger partial charge in [0.1, 0.15) is 12.3 Å². The number of esters is 2. The number of carbonyl (C=O) groups excluding carboxylic acids is 3. The monoisotopic (exact) mass is 320 g/mol. The fourth-order valence-electron chi connectivity index (χ4n) is 1.28. The van der Waals surface area contributed by atoms with E-state index in [1.807, 2.05) is 0 Å². The molecule has 1 atom stereocenters. The predicted molar refractivity (Wildman–Crippen MR) is 64.5 cm³/mol. The molecule has 0 saturated carbocycles. The van der Waals surface area contributed by atoms with Crippen molar-refractivity contribution in [1.82, 2.24) is 10.3 Å². The molecule has 0 radical (unpaired) electrons. The number of halogens is 3. The maximum absolute atomic E-state index is 12.0. The molecule has 0 aliphatic heterocycles. The van der Waals surface area contributed by atoms with Gasteiger partial charge in [-0.05, 0) is 12.1 Å². The van der Waals surface area contributed by atoms with Crippen LogP contribution in [0.25, 0.3) is 0 Å². The molecule has 1 N–H and O–H groups in total. The van der Waals surface area contributed by atoms with E-state index >= 15 is 0 Å². The number of carbonyl (C=O) groups is 3. The average molecular weight is 320 g/mol. The Kier molecular flexibility index (Phi) is 5.84. The highest BCUT2D eigenvalue weighted by Crippen LogP contribution is 2.16. The Morgan fingerprint density at radius 2 is 2.00 bits per heavy atom. The molecule has 0 spiro atoms. The zero-order valence-electron chi connectivity index (χ0n) is 11.2. The molecule has 0 saturated heterocycles. The number of nitrogens with zero attached hydrogens (tertiary/aromatic N) is 1. The van der Waals surface area contributed by atoms with Crippen LogP contribution < -0.4 is 5.32 Å².